The third-order valence-corrected chi connectivity index (χ3v) is 3.99. The van der Waals surface area contributed by atoms with E-state index in [1.165, 1.54) is 36.4 Å². The highest BCUT2D eigenvalue weighted by Gasteiger charge is 2.39. The number of halogens is 5. The lowest BCUT2D eigenvalue weighted by atomic mass is 10.2. The first-order valence-electron chi connectivity index (χ1n) is 6.40. The number of carbonyl (C=O) groups is 2. The van der Waals surface area contributed by atoms with Crippen LogP contribution in [0.2, 0.25) is 0 Å². The molecule has 0 saturated carbocycles. The molecule has 0 bridgehead atoms. The minimum absolute atomic E-state index is 0.263. The highest BCUT2D eigenvalue weighted by molar-refractivity contribution is 14.1. The van der Waals surface area contributed by atoms with Gasteiger partial charge >= 0.3 is 18.1 Å². The van der Waals surface area contributed by atoms with Crippen LogP contribution < -0.4 is 5.32 Å². The van der Waals surface area contributed by atoms with Crippen molar-refractivity contribution >= 4 is 40.2 Å². The smallest absolute Gasteiger partial charge is 0.417 e. The van der Waals surface area contributed by atoms with Crippen molar-refractivity contribution in [3.8, 4) is 0 Å². The van der Waals surface area contributed by atoms with Crippen molar-refractivity contribution in [2.75, 3.05) is 5.32 Å². The summed E-state index contributed by atoms with van der Waals surface area (Å²) in [7, 11) is 0. The number of cyclic esters (lactones) is 2. The second-order valence-electron chi connectivity index (χ2n) is 5.19. The second-order valence-corrected chi connectivity index (χ2v) is 6.27. The molecule has 1 aromatic carbocycles. The van der Waals surface area contributed by atoms with E-state index >= 15 is 0 Å². The van der Waals surface area contributed by atoms with Crippen LogP contribution in [0.5, 0.6) is 0 Å². The van der Waals surface area contributed by atoms with Crippen molar-refractivity contribution in [1.29, 1.82) is 0 Å². The fraction of sp³-hybridized carbons (Fsp3) is 0.286. The molecule has 0 spiro atoms. The van der Waals surface area contributed by atoms with E-state index in [9.17, 15) is 27.2 Å². The van der Waals surface area contributed by atoms with Gasteiger partial charge in [-0.05, 0) is 34.7 Å². The van der Waals surface area contributed by atoms with Gasteiger partial charge in [-0.15, -0.1) is 0 Å². The molecule has 1 saturated heterocycles. The summed E-state index contributed by atoms with van der Waals surface area (Å²) in [5.74, 6) is -4.58. The maximum Gasteiger partial charge on any atom is 0.417 e. The topological polar surface area (TPSA) is 64.6 Å². The molecule has 1 aliphatic rings. The number of rotatable bonds is 2. The molecule has 0 amide bonds. The molecule has 0 aromatic heterocycles. The van der Waals surface area contributed by atoms with Crippen LogP contribution in [0, 0.1) is 9.39 Å². The predicted molar refractivity (Wildman–Crippen MR) is 82.1 cm³/mol. The molecule has 0 atom stereocenters. The number of ether oxygens (including phenoxy) is 2. The maximum absolute atomic E-state index is 13.4. The van der Waals surface area contributed by atoms with Gasteiger partial charge < -0.3 is 14.8 Å². The van der Waals surface area contributed by atoms with Crippen molar-refractivity contribution in [2.24, 2.45) is 0 Å². The summed E-state index contributed by atoms with van der Waals surface area (Å²) in [5, 5.41) is 2.31. The third-order valence-electron chi connectivity index (χ3n) is 2.83. The van der Waals surface area contributed by atoms with Crippen LogP contribution in [0.25, 0.3) is 0 Å². The lowest BCUT2D eigenvalue weighted by Gasteiger charge is -2.29. The van der Waals surface area contributed by atoms with Gasteiger partial charge in [0, 0.05) is 23.6 Å². The molecule has 0 aliphatic carbocycles. The molecule has 1 N–H and O–H groups in total. The second kappa shape index (κ2) is 6.22. The van der Waals surface area contributed by atoms with Crippen molar-refractivity contribution in [3.05, 3.63) is 38.9 Å². The van der Waals surface area contributed by atoms with Crippen molar-refractivity contribution in [3.63, 3.8) is 0 Å². The van der Waals surface area contributed by atoms with E-state index in [2.05, 4.69) is 5.32 Å². The standard InChI is InChI=1S/C14H10F4INO4/c1-13(2)23-11(21)7(12(22)24-13)5-20-9-4-6(15)3-8(10(9)19)14(16,17)18/h3-5,20H,1-2H3. The number of esters is 2. The fourth-order valence-corrected chi connectivity index (χ4v) is 2.60. The van der Waals surface area contributed by atoms with Crippen molar-refractivity contribution < 1.29 is 36.6 Å². The number of benzene rings is 1. The summed E-state index contributed by atoms with van der Waals surface area (Å²) in [5.41, 5.74) is -2.00. The molecule has 1 aliphatic heterocycles. The minimum atomic E-state index is -4.76. The quantitative estimate of drug-likeness (QED) is 0.241. The summed E-state index contributed by atoms with van der Waals surface area (Å²) in [6.07, 6.45) is -3.94. The Morgan fingerprint density at radius 2 is 1.71 bits per heavy atom. The Bertz CT molecular complexity index is 721. The first-order valence-corrected chi connectivity index (χ1v) is 7.48. The number of alkyl halides is 3. The van der Waals surface area contributed by atoms with E-state index in [-0.39, 0.29) is 9.26 Å². The van der Waals surface area contributed by atoms with Gasteiger partial charge in [-0.2, -0.15) is 13.2 Å². The lowest BCUT2D eigenvalue weighted by Crippen LogP contribution is -2.42. The molecular formula is C14H10F4INO4. The Kier molecular flexibility index (Phi) is 4.79. The van der Waals surface area contributed by atoms with Crippen molar-refractivity contribution in [1.82, 2.24) is 0 Å². The van der Waals surface area contributed by atoms with Crippen LogP contribution in [0.15, 0.2) is 23.9 Å². The number of hydrogen-bond acceptors (Lipinski definition) is 5. The van der Waals surface area contributed by atoms with E-state index in [0.717, 1.165) is 12.3 Å². The SMILES string of the molecule is CC1(C)OC(=O)C(=CNc2cc(F)cc(C(F)(F)F)c2I)C(=O)O1. The van der Waals surface area contributed by atoms with E-state index in [4.69, 9.17) is 9.47 Å². The average Bonchev–Trinajstić information content (AvgIpc) is 2.38. The summed E-state index contributed by atoms with van der Waals surface area (Å²) in [6, 6.07) is 1.16. The first kappa shape index (κ1) is 18.5. The van der Waals surface area contributed by atoms with Gasteiger partial charge in [-0.3, -0.25) is 0 Å². The molecule has 1 aromatic rings. The van der Waals surface area contributed by atoms with Crippen LogP contribution in [0.4, 0.5) is 23.2 Å². The summed E-state index contributed by atoms with van der Waals surface area (Å²) < 4.78 is 61.3. The molecule has 130 valence electrons. The molecule has 5 nitrogen and oxygen atoms in total. The monoisotopic (exact) mass is 459 g/mol. The molecule has 1 fully saturated rings. The van der Waals surface area contributed by atoms with Gasteiger partial charge in [0.15, 0.2) is 5.57 Å². The van der Waals surface area contributed by atoms with E-state index in [0.29, 0.717) is 6.07 Å². The van der Waals surface area contributed by atoms with Crippen LogP contribution in [0.3, 0.4) is 0 Å². The molecule has 1 heterocycles. The van der Waals surface area contributed by atoms with Gasteiger partial charge in [0.2, 0.25) is 0 Å². The van der Waals surface area contributed by atoms with Gasteiger partial charge in [0.05, 0.1) is 11.3 Å². The van der Waals surface area contributed by atoms with Crippen molar-refractivity contribution in [2.45, 2.75) is 25.8 Å². The Hall–Kier alpha value is -1.85. The third kappa shape index (κ3) is 3.97. The summed E-state index contributed by atoms with van der Waals surface area (Å²) in [4.78, 5) is 23.5. The van der Waals surface area contributed by atoms with Gasteiger partial charge in [0.1, 0.15) is 5.82 Å². The molecule has 2 rings (SSSR count). The van der Waals surface area contributed by atoms with Gasteiger partial charge in [-0.25, -0.2) is 14.0 Å². The highest BCUT2D eigenvalue weighted by atomic mass is 127. The molecular weight excluding hydrogens is 449 g/mol. The molecule has 0 radical (unpaired) electrons. The zero-order valence-corrected chi connectivity index (χ0v) is 14.4. The predicted octanol–water partition coefficient (Wildman–Crippen LogP) is 3.58. The van der Waals surface area contributed by atoms with Gasteiger partial charge in [-0.1, -0.05) is 0 Å². The lowest BCUT2D eigenvalue weighted by molar-refractivity contribution is -0.222. The number of nitrogens with one attached hydrogen (secondary N) is 1. The number of anilines is 1. The zero-order chi connectivity index (χ0) is 18.3. The van der Waals surface area contributed by atoms with Crippen LogP contribution in [0.1, 0.15) is 19.4 Å². The summed E-state index contributed by atoms with van der Waals surface area (Å²) in [6.45, 7) is 2.69. The average molecular weight is 459 g/mol. The van der Waals surface area contributed by atoms with E-state index < -0.39 is 40.9 Å². The van der Waals surface area contributed by atoms with Crippen LogP contribution in [-0.2, 0) is 25.2 Å². The number of carbonyl (C=O) groups excluding carboxylic acids is 2. The largest absolute Gasteiger partial charge is 0.419 e. The normalized spacial score (nSPS) is 17.2. The zero-order valence-electron chi connectivity index (χ0n) is 12.3. The Balaban J connectivity index is 2.34. The van der Waals surface area contributed by atoms with Gasteiger partial charge in [0.25, 0.3) is 5.79 Å². The molecule has 10 heteroatoms. The Morgan fingerprint density at radius 1 is 1.17 bits per heavy atom. The number of hydrogen-bond donors (Lipinski definition) is 1. The molecule has 0 unspecified atom stereocenters. The van der Waals surface area contributed by atoms with E-state index in [1.54, 1.807) is 0 Å². The van der Waals surface area contributed by atoms with Crippen LogP contribution in [-0.4, -0.2) is 17.7 Å². The van der Waals surface area contributed by atoms with Crippen LogP contribution >= 0.6 is 22.6 Å². The maximum atomic E-state index is 13.4. The Morgan fingerprint density at radius 3 is 2.21 bits per heavy atom. The Labute approximate surface area is 147 Å². The highest BCUT2D eigenvalue weighted by Crippen LogP contribution is 2.37. The van der Waals surface area contributed by atoms with E-state index in [1.807, 2.05) is 0 Å². The summed E-state index contributed by atoms with van der Waals surface area (Å²) >= 11 is 1.38. The first-order chi connectivity index (χ1) is 10.9. The fourth-order valence-electron chi connectivity index (χ4n) is 1.83. The molecule has 24 heavy (non-hydrogen) atoms. The minimum Gasteiger partial charge on any atom is -0.419 e.